The molecule has 2 saturated carbocycles. The Hall–Kier alpha value is -1.36. The first-order valence-corrected chi connectivity index (χ1v) is 9.79. The molecule has 4 aliphatic carbocycles. The second kappa shape index (κ2) is 5.32. The van der Waals surface area contributed by atoms with Crippen LogP contribution in [0.25, 0.3) is 0 Å². The minimum Gasteiger partial charge on any atom is -0.293 e. The highest BCUT2D eigenvalue weighted by Crippen LogP contribution is 2.65. The topological polar surface area (TPSA) is 40.9 Å². The highest BCUT2D eigenvalue weighted by Gasteiger charge is 2.56. The van der Waals surface area contributed by atoms with E-state index in [-0.39, 0.29) is 11.2 Å². The van der Waals surface area contributed by atoms with Crippen LogP contribution in [0.15, 0.2) is 23.3 Å². The monoisotopic (exact) mass is 323 g/mol. The second-order valence-electron chi connectivity index (χ2n) is 9.09. The summed E-state index contributed by atoms with van der Waals surface area (Å²) in [6.45, 7) is 7.19. The van der Waals surface area contributed by atoms with Gasteiger partial charge in [-0.25, -0.2) is 0 Å². The maximum absolute atomic E-state index is 12.2. The molecular formula is C22H29NO. The Kier molecular flexibility index (Phi) is 3.57. The zero-order valence-corrected chi connectivity index (χ0v) is 15.3. The van der Waals surface area contributed by atoms with E-state index in [9.17, 15) is 10.1 Å². The van der Waals surface area contributed by atoms with Gasteiger partial charge in [0.05, 0.1) is 6.07 Å². The third-order valence-electron chi connectivity index (χ3n) is 8.24. The van der Waals surface area contributed by atoms with Crippen molar-refractivity contribution < 1.29 is 4.79 Å². The zero-order valence-electron chi connectivity index (χ0n) is 15.3. The summed E-state index contributed by atoms with van der Waals surface area (Å²) in [5.74, 6) is 1.94. The van der Waals surface area contributed by atoms with Crippen LogP contribution in [0, 0.1) is 45.8 Å². The number of nitriles is 1. The average Bonchev–Trinajstić information content (AvgIpc) is 2.91. The van der Waals surface area contributed by atoms with E-state index in [1.165, 1.54) is 37.7 Å². The van der Waals surface area contributed by atoms with Crippen LogP contribution in [0.2, 0.25) is 0 Å². The van der Waals surface area contributed by atoms with Gasteiger partial charge in [-0.1, -0.05) is 44.4 Å². The SMILES string of the molecule is CC[C@H]1CC[C@H]2[C@@H]3CCC4=CC(=O)C(C#N)C[C@]4(C)C3=CC[C@]12C. The van der Waals surface area contributed by atoms with Crippen LogP contribution in [0.3, 0.4) is 0 Å². The first kappa shape index (κ1) is 16.1. The summed E-state index contributed by atoms with van der Waals surface area (Å²) in [6, 6.07) is 2.26. The van der Waals surface area contributed by atoms with Gasteiger partial charge in [0.25, 0.3) is 0 Å². The van der Waals surface area contributed by atoms with Crippen LogP contribution in [-0.4, -0.2) is 5.78 Å². The molecule has 2 heteroatoms. The molecule has 0 bridgehead atoms. The number of hydrogen-bond donors (Lipinski definition) is 0. The van der Waals surface area contributed by atoms with Crippen molar-refractivity contribution in [2.45, 2.75) is 65.7 Å². The van der Waals surface area contributed by atoms with E-state index in [1.807, 2.05) is 6.08 Å². The summed E-state index contributed by atoms with van der Waals surface area (Å²) in [5.41, 5.74) is 3.31. The highest BCUT2D eigenvalue weighted by atomic mass is 16.1. The molecule has 6 atom stereocenters. The van der Waals surface area contributed by atoms with Gasteiger partial charge in [-0.2, -0.15) is 5.26 Å². The minimum atomic E-state index is -0.446. The van der Waals surface area contributed by atoms with Gasteiger partial charge in [0.2, 0.25) is 0 Å². The van der Waals surface area contributed by atoms with Crippen molar-refractivity contribution in [2.24, 2.45) is 34.5 Å². The predicted octanol–water partition coefficient (Wildman–Crippen LogP) is 5.21. The molecule has 0 spiro atoms. The first-order chi connectivity index (χ1) is 11.4. The molecule has 0 saturated heterocycles. The van der Waals surface area contributed by atoms with Gasteiger partial charge >= 0.3 is 0 Å². The number of carbonyl (C=O) groups is 1. The molecule has 0 aromatic rings. The van der Waals surface area contributed by atoms with Gasteiger partial charge in [-0.05, 0) is 67.8 Å². The van der Waals surface area contributed by atoms with E-state index in [0.29, 0.717) is 17.8 Å². The maximum atomic E-state index is 12.2. The van der Waals surface area contributed by atoms with Crippen LogP contribution in [0.5, 0.6) is 0 Å². The van der Waals surface area contributed by atoms with Gasteiger partial charge in [0.1, 0.15) is 5.92 Å². The molecule has 128 valence electrons. The Morgan fingerprint density at radius 1 is 1.29 bits per heavy atom. The van der Waals surface area contributed by atoms with E-state index in [2.05, 4.69) is 32.9 Å². The molecule has 4 rings (SSSR count). The van der Waals surface area contributed by atoms with Crippen molar-refractivity contribution in [1.82, 2.24) is 0 Å². The van der Waals surface area contributed by atoms with Crippen molar-refractivity contribution in [3.05, 3.63) is 23.3 Å². The molecule has 0 aromatic carbocycles. The molecule has 0 amide bonds. The molecule has 0 aliphatic heterocycles. The van der Waals surface area contributed by atoms with Crippen molar-refractivity contribution >= 4 is 5.78 Å². The Balaban J connectivity index is 1.75. The fraction of sp³-hybridized carbons (Fsp3) is 0.727. The molecule has 1 unspecified atom stereocenters. The highest BCUT2D eigenvalue weighted by molar-refractivity contribution is 5.95. The third kappa shape index (κ3) is 1.97. The number of fused-ring (bicyclic) bond motifs is 5. The quantitative estimate of drug-likeness (QED) is 0.621. The lowest BCUT2D eigenvalue weighted by Gasteiger charge is -2.54. The summed E-state index contributed by atoms with van der Waals surface area (Å²) in [6.07, 6.45) is 12.6. The number of allylic oxidation sites excluding steroid dienone is 4. The van der Waals surface area contributed by atoms with Crippen LogP contribution in [-0.2, 0) is 4.79 Å². The molecule has 4 aliphatic rings. The van der Waals surface area contributed by atoms with Crippen molar-refractivity contribution in [1.29, 1.82) is 5.26 Å². The molecule has 0 radical (unpaired) electrons. The minimum absolute atomic E-state index is 0.0385. The van der Waals surface area contributed by atoms with E-state index in [0.717, 1.165) is 18.3 Å². The summed E-state index contributed by atoms with van der Waals surface area (Å²) in [7, 11) is 0. The van der Waals surface area contributed by atoms with Crippen molar-refractivity contribution in [3.8, 4) is 6.07 Å². The normalized spacial score (nSPS) is 47.0. The Morgan fingerprint density at radius 2 is 2.08 bits per heavy atom. The van der Waals surface area contributed by atoms with Gasteiger partial charge in [-0.3, -0.25) is 4.79 Å². The summed E-state index contributed by atoms with van der Waals surface area (Å²) in [4.78, 5) is 12.2. The van der Waals surface area contributed by atoms with Gasteiger partial charge in [-0.15, -0.1) is 0 Å². The summed E-state index contributed by atoms with van der Waals surface area (Å²) < 4.78 is 0. The Labute approximate surface area is 146 Å². The van der Waals surface area contributed by atoms with Crippen LogP contribution >= 0.6 is 0 Å². The third-order valence-corrected chi connectivity index (χ3v) is 8.24. The standard InChI is InChI=1S/C22H29NO/c1-4-15-6-8-18-17-7-5-16-11-20(24)14(13-23)12-22(16,3)19(17)9-10-21(15,18)2/h9,11,14-15,17-18H,4-8,10,12H2,1-3H3/t14?,15-,17-,18-,21+,22-/m0/s1. The number of hydrogen-bond acceptors (Lipinski definition) is 2. The van der Waals surface area contributed by atoms with Crippen molar-refractivity contribution in [3.63, 3.8) is 0 Å². The average molecular weight is 323 g/mol. The fourth-order valence-corrected chi connectivity index (χ4v) is 6.82. The van der Waals surface area contributed by atoms with Crippen LogP contribution in [0.4, 0.5) is 0 Å². The van der Waals surface area contributed by atoms with Crippen LogP contribution < -0.4 is 0 Å². The molecule has 0 heterocycles. The molecular weight excluding hydrogens is 294 g/mol. The lowest BCUT2D eigenvalue weighted by molar-refractivity contribution is -0.118. The first-order valence-electron chi connectivity index (χ1n) is 9.79. The predicted molar refractivity (Wildman–Crippen MR) is 95.0 cm³/mol. The van der Waals surface area contributed by atoms with Gasteiger partial charge in [0.15, 0.2) is 5.78 Å². The molecule has 0 N–H and O–H groups in total. The maximum Gasteiger partial charge on any atom is 0.172 e. The second-order valence-corrected chi connectivity index (χ2v) is 9.09. The lowest BCUT2D eigenvalue weighted by Crippen LogP contribution is -2.45. The lowest BCUT2D eigenvalue weighted by atomic mass is 9.50. The molecule has 24 heavy (non-hydrogen) atoms. The van der Waals surface area contributed by atoms with E-state index < -0.39 is 5.92 Å². The molecule has 2 fully saturated rings. The summed E-state index contributed by atoms with van der Waals surface area (Å²) >= 11 is 0. The molecule has 0 aromatic heterocycles. The number of ketones is 1. The Morgan fingerprint density at radius 3 is 2.79 bits per heavy atom. The van der Waals surface area contributed by atoms with E-state index >= 15 is 0 Å². The van der Waals surface area contributed by atoms with Crippen molar-refractivity contribution in [2.75, 3.05) is 0 Å². The van der Waals surface area contributed by atoms with Gasteiger partial charge in [0, 0.05) is 5.41 Å². The zero-order chi connectivity index (χ0) is 17.1. The number of rotatable bonds is 1. The molecule has 2 nitrogen and oxygen atoms in total. The largest absolute Gasteiger partial charge is 0.293 e. The Bertz CT molecular complexity index is 681. The smallest absolute Gasteiger partial charge is 0.172 e. The van der Waals surface area contributed by atoms with Gasteiger partial charge < -0.3 is 0 Å². The number of nitrogens with zero attached hydrogens (tertiary/aromatic N) is 1. The number of carbonyl (C=O) groups excluding carboxylic acids is 1. The van der Waals surface area contributed by atoms with E-state index in [1.54, 1.807) is 5.57 Å². The van der Waals surface area contributed by atoms with Crippen LogP contribution in [0.1, 0.15) is 65.7 Å². The van der Waals surface area contributed by atoms with E-state index in [4.69, 9.17) is 0 Å². The fourth-order valence-electron chi connectivity index (χ4n) is 6.82. The summed E-state index contributed by atoms with van der Waals surface area (Å²) in [5, 5.41) is 9.40.